The maximum Gasteiger partial charge on any atom is 0.407 e. The average molecular weight is 324 g/mol. The van der Waals surface area contributed by atoms with Gasteiger partial charge >= 0.3 is 6.09 Å². The lowest BCUT2D eigenvalue weighted by molar-refractivity contribution is 0.133. The summed E-state index contributed by atoms with van der Waals surface area (Å²) >= 11 is 0. The molecule has 23 heavy (non-hydrogen) atoms. The molecule has 1 saturated heterocycles. The number of halogens is 1. The second kappa shape index (κ2) is 7.75. The van der Waals surface area contributed by atoms with E-state index in [9.17, 15) is 19.4 Å². The van der Waals surface area contributed by atoms with Crippen LogP contribution in [0.25, 0.3) is 0 Å². The lowest BCUT2D eigenvalue weighted by atomic mass is 9.90. The van der Waals surface area contributed by atoms with Gasteiger partial charge in [-0.25, -0.2) is 9.18 Å². The average Bonchev–Trinajstić information content (AvgIpc) is 2.92. The van der Waals surface area contributed by atoms with Gasteiger partial charge in [0.25, 0.3) is 0 Å². The second-order valence-electron chi connectivity index (χ2n) is 6.17. The zero-order valence-corrected chi connectivity index (χ0v) is 13.6. The van der Waals surface area contributed by atoms with E-state index in [4.69, 9.17) is 0 Å². The molecule has 0 radical (unpaired) electrons. The topological polar surface area (TPSA) is 72.8 Å². The molecule has 3 unspecified atom stereocenters. The zero-order chi connectivity index (χ0) is 17.0. The molecule has 128 valence electrons. The van der Waals surface area contributed by atoms with Crippen LogP contribution < -0.4 is 5.32 Å². The van der Waals surface area contributed by atoms with Crippen molar-refractivity contribution in [3.63, 3.8) is 0 Å². The predicted octanol–water partition coefficient (Wildman–Crippen LogP) is 2.54. The normalized spacial score (nSPS) is 22.3. The third kappa shape index (κ3) is 4.00. The SMILES string of the molecule is CCC(CO)NCC1CCN(C(=O)O)C1c1ccc(F)cc1C. The van der Waals surface area contributed by atoms with Crippen molar-refractivity contribution in [3.8, 4) is 0 Å². The standard InChI is InChI=1S/C17H25FN2O3/c1-3-14(10-21)19-9-12-6-7-20(17(22)23)16(12)15-5-4-13(18)8-11(15)2/h4-5,8,12,14,16,19,21H,3,6-7,9-10H2,1-2H3,(H,22,23). The summed E-state index contributed by atoms with van der Waals surface area (Å²) in [6.45, 7) is 4.97. The van der Waals surface area contributed by atoms with E-state index in [1.54, 1.807) is 6.07 Å². The monoisotopic (exact) mass is 324 g/mol. The third-order valence-electron chi connectivity index (χ3n) is 4.70. The number of aryl methyl sites for hydroxylation is 1. The van der Waals surface area contributed by atoms with Crippen LogP contribution in [0.1, 0.15) is 36.9 Å². The molecular weight excluding hydrogens is 299 g/mol. The van der Waals surface area contributed by atoms with Gasteiger partial charge in [-0.1, -0.05) is 13.0 Å². The van der Waals surface area contributed by atoms with Crippen molar-refractivity contribution in [1.82, 2.24) is 10.2 Å². The van der Waals surface area contributed by atoms with Gasteiger partial charge in [0, 0.05) is 19.1 Å². The molecule has 0 spiro atoms. The quantitative estimate of drug-likeness (QED) is 0.752. The Morgan fingerprint density at radius 1 is 1.52 bits per heavy atom. The van der Waals surface area contributed by atoms with Crippen LogP contribution in [0.2, 0.25) is 0 Å². The van der Waals surface area contributed by atoms with Gasteiger partial charge in [0.05, 0.1) is 12.6 Å². The van der Waals surface area contributed by atoms with Crippen LogP contribution in [0.4, 0.5) is 9.18 Å². The Bertz CT molecular complexity index is 549. The molecule has 1 fully saturated rings. The number of benzene rings is 1. The van der Waals surface area contributed by atoms with Crippen LogP contribution in [0, 0.1) is 18.7 Å². The number of hydrogen-bond donors (Lipinski definition) is 3. The molecule has 0 saturated carbocycles. The number of likely N-dealkylation sites (tertiary alicyclic amines) is 1. The van der Waals surface area contributed by atoms with Crippen LogP contribution in [0.15, 0.2) is 18.2 Å². The van der Waals surface area contributed by atoms with Crippen molar-refractivity contribution in [1.29, 1.82) is 0 Å². The van der Waals surface area contributed by atoms with Crippen LogP contribution in [0.3, 0.4) is 0 Å². The molecule has 2 rings (SSSR count). The number of carbonyl (C=O) groups is 1. The number of carboxylic acid groups (broad SMARTS) is 1. The van der Waals surface area contributed by atoms with E-state index in [0.717, 1.165) is 24.0 Å². The van der Waals surface area contributed by atoms with Gasteiger partial charge in [0.15, 0.2) is 0 Å². The fourth-order valence-corrected chi connectivity index (χ4v) is 3.33. The summed E-state index contributed by atoms with van der Waals surface area (Å²) in [6, 6.07) is 4.25. The Labute approximate surface area is 136 Å². The molecule has 1 amide bonds. The molecule has 0 bridgehead atoms. The van der Waals surface area contributed by atoms with Crippen molar-refractivity contribution in [2.24, 2.45) is 5.92 Å². The minimum atomic E-state index is -0.949. The zero-order valence-electron chi connectivity index (χ0n) is 13.6. The maximum atomic E-state index is 13.4. The first-order chi connectivity index (χ1) is 11.0. The molecule has 1 aromatic rings. The van der Waals surface area contributed by atoms with E-state index >= 15 is 0 Å². The van der Waals surface area contributed by atoms with Gasteiger partial charge in [-0.2, -0.15) is 0 Å². The van der Waals surface area contributed by atoms with Crippen LogP contribution in [-0.2, 0) is 0 Å². The van der Waals surface area contributed by atoms with E-state index in [2.05, 4.69) is 5.32 Å². The van der Waals surface area contributed by atoms with Crippen molar-refractivity contribution in [2.75, 3.05) is 19.7 Å². The molecule has 1 heterocycles. The number of aliphatic hydroxyl groups is 1. The number of nitrogens with zero attached hydrogens (tertiary/aromatic N) is 1. The third-order valence-corrected chi connectivity index (χ3v) is 4.70. The fraction of sp³-hybridized carbons (Fsp3) is 0.588. The van der Waals surface area contributed by atoms with E-state index in [-0.39, 0.29) is 30.4 Å². The molecule has 1 aromatic carbocycles. The first-order valence-corrected chi connectivity index (χ1v) is 8.07. The van der Waals surface area contributed by atoms with Crippen molar-refractivity contribution >= 4 is 6.09 Å². The predicted molar refractivity (Wildman–Crippen MR) is 85.9 cm³/mol. The lowest BCUT2D eigenvalue weighted by Crippen LogP contribution is -2.38. The number of hydrogen-bond acceptors (Lipinski definition) is 3. The van der Waals surface area contributed by atoms with Gasteiger partial charge in [0.2, 0.25) is 0 Å². The van der Waals surface area contributed by atoms with Gasteiger partial charge in [-0.15, -0.1) is 0 Å². The summed E-state index contributed by atoms with van der Waals surface area (Å²) in [5, 5.41) is 22.1. The van der Waals surface area contributed by atoms with E-state index < -0.39 is 6.09 Å². The largest absolute Gasteiger partial charge is 0.465 e. The Kier molecular flexibility index (Phi) is 5.96. The van der Waals surface area contributed by atoms with Crippen molar-refractivity contribution in [3.05, 3.63) is 35.1 Å². The summed E-state index contributed by atoms with van der Waals surface area (Å²) < 4.78 is 13.4. The van der Waals surface area contributed by atoms with Crippen LogP contribution >= 0.6 is 0 Å². The minimum absolute atomic E-state index is 0.0174. The highest BCUT2D eigenvalue weighted by molar-refractivity contribution is 5.66. The summed E-state index contributed by atoms with van der Waals surface area (Å²) in [4.78, 5) is 13.0. The van der Waals surface area contributed by atoms with E-state index in [1.165, 1.54) is 17.0 Å². The van der Waals surface area contributed by atoms with E-state index in [1.807, 2.05) is 13.8 Å². The van der Waals surface area contributed by atoms with Crippen molar-refractivity contribution in [2.45, 2.75) is 38.8 Å². The lowest BCUT2D eigenvalue weighted by Gasteiger charge is -2.29. The van der Waals surface area contributed by atoms with Gasteiger partial charge in [-0.3, -0.25) is 0 Å². The summed E-state index contributed by atoms with van der Waals surface area (Å²) in [7, 11) is 0. The van der Waals surface area contributed by atoms with E-state index in [0.29, 0.717) is 13.1 Å². The molecule has 5 nitrogen and oxygen atoms in total. The molecule has 6 heteroatoms. The van der Waals surface area contributed by atoms with Crippen molar-refractivity contribution < 1.29 is 19.4 Å². The Balaban J connectivity index is 2.22. The number of nitrogens with one attached hydrogen (secondary N) is 1. The first kappa shape index (κ1) is 17.7. The molecule has 0 aliphatic carbocycles. The number of rotatable bonds is 6. The van der Waals surface area contributed by atoms with Gasteiger partial charge in [0.1, 0.15) is 5.82 Å². The summed E-state index contributed by atoms with van der Waals surface area (Å²) in [6.07, 6.45) is 0.616. The molecule has 3 N–H and O–H groups in total. The molecule has 3 atom stereocenters. The summed E-state index contributed by atoms with van der Waals surface area (Å²) in [5.74, 6) is -0.206. The Morgan fingerprint density at radius 2 is 2.26 bits per heavy atom. The van der Waals surface area contributed by atoms with Gasteiger partial charge < -0.3 is 20.4 Å². The molecule has 0 aromatic heterocycles. The molecule has 1 aliphatic rings. The fourth-order valence-electron chi connectivity index (χ4n) is 3.33. The second-order valence-corrected chi connectivity index (χ2v) is 6.17. The highest BCUT2D eigenvalue weighted by Gasteiger charge is 2.38. The molecular formula is C17H25FN2O3. The first-order valence-electron chi connectivity index (χ1n) is 8.07. The Morgan fingerprint density at radius 3 is 2.83 bits per heavy atom. The highest BCUT2D eigenvalue weighted by Crippen LogP contribution is 2.38. The number of aliphatic hydroxyl groups excluding tert-OH is 1. The molecule has 1 aliphatic heterocycles. The Hall–Kier alpha value is -1.66. The summed E-state index contributed by atoms with van der Waals surface area (Å²) in [5.41, 5.74) is 1.62. The maximum absolute atomic E-state index is 13.4. The highest BCUT2D eigenvalue weighted by atomic mass is 19.1. The van der Waals surface area contributed by atoms with Crippen LogP contribution in [-0.4, -0.2) is 46.9 Å². The van der Waals surface area contributed by atoms with Gasteiger partial charge in [-0.05, 0) is 48.9 Å². The minimum Gasteiger partial charge on any atom is -0.465 e. The van der Waals surface area contributed by atoms with Crippen LogP contribution in [0.5, 0.6) is 0 Å². The number of amides is 1. The smallest absolute Gasteiger partial charge is 0.407 e.